The Balaban J connectivity index is 2.12. The van der Waals surface area contributed by atoms with Gasteiger partial charge in [-0.3, -0.25) is 0 Å². The summed E-state index contributed by atoms with van der Waals surface area (Å²) in [6, 6.07) is 4.22. The number of rotatable bonds is 5. The molecule has 0 fully saturated rings. The summed E-state index contributed by atoms with van der Waals surface area (Å²) >= 11 is 0. The summed E-state index contributed by atoms with van der Waals surface area (Å²) in [6.45, 7) is 9.49. The van der Waals surface area contributed by atoms with Crippen molar-refractivity contribution >= 4 is 11.8 Å². The normalized spacial score (nSPS) is 11.7. The second-order valence-corrected chi connectivity index (χ2v) is 6.67. The fourth-order valence-corrected chi connectivity index (χ4v) is 2.42. The van der Waals surface area contributed by atoms with Crippen LogP contribution in [0.15, 0.2) is 30.7 Å². The molecule has 5 nitrogen and oxygen atoms in total. The third-order valence-electron chi connectivity index (χ3n) is 3.91. The van der Waals surface area contributed by atoms with Crippen LogP contribution in [0.25, 0.3) is 0 Å². The average molecular weight is 299 g/mol. The number of aromatic nitrogens is 3. The summed E-state index contributed by atoms with van der Waals surface area (Å²) in [5.41, 5.74) is 7.78. The Kier molecular flexibility index (Phi) is 4.64. The summed E-state index contributed by atoms with van der Waals surface area (Å²) < 4.78 is 0. The fourth-order valence-electron chi connectivity index (χ4n) is 2.42. The number of nitrogens with two attached hydrogens (primary N) is 1. The van der Waals surface area contributed by atoms with Gasteiger partial charge in [0.2, 0.25) is 5.95 Å². The summed E-state index contributed by atoms with van der Waals surface area (Å²) in [5, 5.41) is 0. The Morgan fingerprint density at radius 1 is 1.09 bits per heavy atom. The first-order chi connectivity index (χ1) is 10.3. The maximum Gasteiger partial charge on any atom is 0.219 e. The van der Waals surface area contributed by atoms with Gasteiger partial charge in [-0.05, 0) is 23.1 Å². The molecule has 22 heavy (non-hydrogen) atoms. The van der Waals surface area contributed by atoms with E-state index in [1.807, 2.05) is 6.20 Å². The molecule has 0 saturated carbocycles. The smallest absolute Gasteiger partial charge is 0.219 e. The Bertz CT molecular complexity index is 602. The zero-order chi connectivity index (χ0) is 16.3. The molecule has 0 radical (unpaired) electrons. The lowest BCUT2D eigenvalue weighted by Crippen LogP contribution is -2.35. The first-order valence-electron chi connectivity index (χ1n) is 7.54. The van der Waals surface area contributed by atoms with Crippen molar-refractivity contribution in [1.82, 2.24) is 15.0 Å². The highest BCUT2D eigenvalue weighted by molar-refractivity contribution is 5.40. The van der Waals surface area contributed by atoms with Gasteiger partial charge >= 0.3 is 0 Å². The van der Waals surface area contributed by atoms with Crippen molar-refractivity contribution in [2.24, 2.45) is 0 Å². The second-order valence-electron chi connectivity index (χ2n) is 6.67. The van der Waals surface area contributed by atoms with Crippen molar-refractivity contribution in [2.45, 2.75) is 39.0 Å². The number of nitrogen functional groups attached to an aromatic ring is 1. The Hall–Kier alpha value is -2.17. The number of likely N-dealkylation sites (N-methyl/N-ethyl adjacent to an activating group) is 1. The van der Waals surface area contributed by atoms with Crippen LogP contribution in [-0.4, -0.2) is 28.5 Å². The van der Waals surface area contributed by atoms with Crippen LogP contribution in [0.5, 0.6) is 0 Å². The molecular weight excluding hydrogens is 274 g/mol. The molecule has 5 heteroatoms. The standard InChI is InChI=1S/C17H25N5/c1-12(2)13-6-7-15(19-8-13)22(5)11-17(3,4)14-9-20-16(18)21-10-14/h6-10,12H,11H2,1-5H3,(H2,18,20,21). The van der Waals surface area contributed by atoms with Gasteiger partial charge in [0.15, 0.2) is 0 Å². The third kappa shape index (κ3) is 3.72. The van der Waals surface area contributed by atoms with Crippen LogP contribution in [0.1, 0.15) is 44.7 Å². The molecule has 2 aromatic rings. The molecule has 0 aromatic carbocycles. The van der Waals surface area contributed by atoms with Crippen molar-refractivity contribution < 1.29 is 0 Å². The molecule has 2 N–H and O–H groups in total. The number of anilines is 2. The van der Waals surface area contributed by atoms with Gasteiger partial charge in [-0.2, -0.15) is 0 Å². The lowest BCUT2D eigenvalue weighted by Gasteiger charge is -2.31. The molecule has 0 spiro atoms. The van der Waals surface area contributed by atoms with E-state index in [0.717, 1.165) is 17.9 Å². The molecular formula is C17H25N5. The van der Waals surface area contributed by atoms with Gasteiger partial charge in [-0.25, -0.2) is 15.0 Å². The van der Waals surface area contributed by atoms with Crippen molar-refractivity contribution in [3.63, 3.8) is 0 Å². The van der Waals surface area contributed by atoms with Crippen LogP contribution in [0.2, 0.25) is 0 Å². The third-order valence-corrected chi connectivity index (χ3v) is 3.91. The summed E-state index contributed by atoms with van der Waals surface area (Å²) in [4.78, 5) is 14.9. The minimum atomic E-state index is -0.0964. The van der Waals surface area contributed by atoms with E-state index in [0.29, 0.717) is 11.9 Å². The van der Waals surface area contributed by atoms with Crippen molar-refractivity contribution in [3.05, 3.63) is 41.9 Å². The number of hydrogen-bond acceptors (Lipinski definition) is 5. The maximum atomic E-state index is 5.56. The van der Waals surface area contributed by atoms with Crippen molar-refractivity contribution in [3.8, 4) is 0 Å². The van der Waals surface area contributed by atoms with Gasteiger partial charge in [-0.15, -0.1) is 0 Å². The molecule has 2 aromatic heterocycles. The van der Waals surface area contributed by atoms with Crippen LogP contribution in [0, 0.1) is 0 Å². The summed E-state index contributed by atoms with van der Waals surface area (Å²) in [7, 11) is 2.05. The molecule has 0 amide bonds. The minimum absolute atomic E-state index is 0.0964. The topological polar surface area (TPSA) is 67.9 Å². The molecule has 0 bridgehead atoms. The van der Waals surface area contributed by atoms with Gasteiger partial charge in [0, 0.05) is 37.6 Å². The molecule has 0 aliphatic rings. The zero-order valence-electron chi connectivity index (χ0n) is 14.0. The molecule has 0 unspecified atom stereocenters. The highest BCUT2D eigenvalue weighted by Crippen LogP contribution is 2.25. The predicted octanol–water partition coefficient (Wildman–Crippen LogP) is 2.99. The summed E-state index contributed by atoms with van der Waals surface area (Å²) in [6.07, 6.45) is 5.55. The van der Waals surface area contributed by atoms with Crippen molar-refractivity contribution in [1.29, 1.82) is 0 Å². The minimum Gasteiger partial charge on any atom is -0.368 e. The Morgan fingerprint density at radius 3 is 2.23 bits per heavy atom. The molecule has 0 aliphatic heterocycles. The highest BCUT2D eigenvalue weighted by Gasteiger charge is 2.24. The summed E-state index contributed by atoms with van der Waals surface area (Å²) in [5.74, 6) is 1.77. The first-order valence-corrected chi connectivity index (χ1v) is 7.54. The van der Waals surface area contributed by atoms with E-state index in [-0.39, 0.29) is 5.41 Å². The second kappa shape index (κ2) is 6.30. The van der Waals surface area contributed by atoms with E-state index in [9.17, 15) is 0 Å². The van der Waals surface area contributed by atoms with E-state index in [2.05, 4.69) is 66.7 Å². The van der Waals surface area contributed by atoms with Gasteiger partial charge in [0.05, 0.1) is 0 Å². The number of nitrogens with zero attached hydrogens (tertiary/aromatic N) is 4. The van der Waals surface area contributed by atoms with Crippen LogP contribution < -0.4 is 10.6 Å². The van der Waals surface area contributed by atoms with Crippen LogP contribution >= 0.6 is 0 Å². The molecule has 0 atom stereocenters. The molecule has 2 heterocycles. The van der Waals surface area contributed by atoms with Crippen LogP contribution in [0.3, 0.4) is 0 Å². The predicted molar refractivity (Wildman–Crippen MR) is 91.1 cm³/mol. The quantitative estimate of drug-likeness (QED) is 0.919. The number of pyridine rings is 1. The lowest BCUT2D eigenvalue weighted by molar-refractivity contribution is 0.518. The van der Waals surface area contributed by atoms with Gasteiger partial charge in [0.25, 0.3) is 0 Å². The fraction of sp³-hybridized carbons (Fsp3) is 0.471. The lowest BCUT2D eigenvalue weighted by atomic mass is 9.86. The van der Waals surface area contributed by atoms with Crippen LogP contribution in [-0.2, 0) is 5.41 Å². The van der Waals surface area contributed by atoms with Crippen LogP contribution in [0.4, 0.5) is 11.8 Å². The SMILES string of the molecule is CC(C)c1ccc(N(C)CC(C)(C)c2cnc(N)nc2)nc1. The Labute approximate surface area is 132 Å². The van der Waals surface area contributed by atoms with Gasteiger partial charge < -0.3 is 10.6 Å². The molecule has 118 valence electrons. The largest absolute Gasteiger partial charge is 0.368 e. The van der Waals surface area contributed by atoms with E-state index < -0.39 is 0 Å². The highest BCUT2D eigenvalue weighted by atomic mass is 15.2. The Morgan fingerprint density at radius 2 is 1.73 bits per heavy atom. The molecule has 0 saturated heterocycles. The number of hydrogen-bond donors (Lipinski definition) is 1. The first kappa shape index (κ1) is 16.2. The van der Waals surface area contributed by atoms with E-state index in [1.165, 1.54) is 5.56 Å². The monoisotopic (exact) mass is 299 g/mol. The van der Waals surface area contributed by atoms with Crippen molar-refractivity contribution in [2.75, 3.05) is 24.2 Å². The van der Waals surface area contributed by atoms with Gasteiger partial charge in [-0.1, -0.05) is 33.8 Å². The average Bonchev–Trinajstić information content (AvgIpc) is 2.47. The zero-order valence-corrected chi connectivity index (χ0v) is 14.0. The van der Waals surface area contributed by atoms with E-state index in [1.54, 1.807) is 12.4 Å². The van der Waals surface area contributed by atoms with Gasteiger partial charge in [0.1, 0.15) is 5.82 Å². The maximum absolute atomic E-state index is 5.56. The molecule has 0 aliphatic carbocycles. The molecule has 2 rings (SSSR count). The van der Waals surface area contributed by atoms with E-state index >= 15 is 0 Å². The van der Waals surface area contributed by atoms with E-state index in [4.69, 9.17) is 5.73 Å².